The molecule has 0 aliphatic carbocycles. The van der Waals surface area contributed by atoms with Crippen molar-refractivity contribution in [1.82, 2.24) is 9.97 Å². The van der Waals surface area contributed by atoms with Crippen LogP contribution in [0.1, 0.15) is 55.5 Å². The summed E-state index contributed by atoms with van der Waals surface area (Å²) in [4.78, 5) is 52.9. The predicted octanol–water partition coefficient (Wildman–Crippen LogP) is 3.95. The van der Waals surface area contributed by atoms with Gasteiger partial charge in [0, 0.05) is 12.4 Å². The van der Waals surface area contributed by atoms with Gasteiger partial charge in [0.15, 0.2) is 11.4 Å². The minimum atomic E-state index is -3.64. The van der Waals surface area contributed by atoms with E-state index in [0.717, 1.165) is 18.3 Å². The van der Waals surface area contributed by atoms with Gasteiger partial charge in [0.25, 0.3) is 0 Å². The van der Waals surface area contributed by atoms with E-state index in [4.69, 9.17) is 9.47 Å². The molecule has 10 nitrogen and oxygen atoms in total. The van der Waals surface area contributed by atoms with Crippen LogP contribution in [0.2, 0.25) is 0 Å². The highest BCUT2D eigenvalue weighted by atomic mass is 19.3. The Morgan fingerprint density at radius 2 is 1.05 bits per heavy atom. The number of esters is 4. The molecule has 0 aliphatic rings. The first-order valence-corrected chi connectivity index (χ1v) is 10.4. The molecule has 2 atom stereocenters. The van der Waals surface area contributed by atoms with E-state index in [2.05, 4.69) is 19.4 Å². The van der Waals surface area contributed by atoms with Crippen LogP contribution < -0.4 is 0 Å². The Hall–Kier alpha value is -4.24. The second kappa shape index (κ2) is 15.8. The van der Waals surface area contributed by atoms with Crippen LogP contribution >= 0.6 is 0 Å². The van der Waals surface area contributed by atoms with E-state index in [-0.39, 0.29) is 24.5 Å². The Bertz CT molecular complexity index is 1020. The highest BCUT2D eigenvalue weighted by molar-refractivity contribution is 6.02. The molecule has 2 aromatic heterocycles. The van der Waals surface area contributed by atoms with Crippen molar-refractivity contribution in [3.8, 4) is 0 Å². The van der Waals surface area contributed by atoms with Gasteiger partial charge in [-0.3, -0.25) is 0 Å². The van der Waals surface area contributed by atoms with Crippen LogP contribution in [0, 0.1) is 0 Å². The summed E-state index contributed by atoms with van der Waals surface area (Å²) in [6.45, 7) is 3.86. The quantitative estimate of drug-likeness (QED) is 0.242. The molecule has 0 radical (unpaired) electrons. The zero-order chi connectivity index (χ0) is 28.8. The van der Waals surface area contributed by atoms with E-state index < -0.39 is 60.7 Å². The van der Waals surface area contributed by atoms with E-state index in [0.29, 0.717) is 0 Å². The van der Waals surface area contributed by atoms with Crippen molar-refractivity contribution in [2.45, 2.75) is 39.4 Å². The Kier molecular flexibility index (Phi) is 13.2. The third-order valence-corrected chi connectivity index (χ3v) is 3.83. The van der Waals surface area contributed by atoms with Crippen LogP contribution in [-0.2, 0) is 18.9 Å². The summed E-state index contributed by atoms with van der Waals surface area (Å²) in [6.07, 6.45) is -11.5. The third kappa shape index (κ3) is 9.67. The van der Waals surface area contributed by atoms with E-state index in [9.17, 15) is 45.5 Å². The molecule has 16 heteroatoms. The van der Waals surface area contributed by atoms with Crippen molar-refractivity contribution < 1.29 is 64.5 Å². The molecular formula is C22H20F6N2O8. The standard InChI is InChI=1S/C11H7F6NO4.C11H13NO4/c12-6(13)8(16)21-10(19)4-2-1-3-18-5(4)11(20)22-9(17)7(14)15;1-3-15-10(13)8-6-5-7-12-9(8)11(14)16-4-2/h1-3,6-9H;5-7H,3-4H2,1-2H3. The van der Waals surface area contributed by atoms with Gasteiger partial charge in [0.2, 0.25) is 0 Å². The Labute approximate surface area is 210 Å². The molecule has 2 unspecified atom stereocenters. The summed E-state index contributed by atoms with van der Waals surface area (Å²) in [5, 5.41) is 0. The summed E-state index contributed by atoms with van der Waals surface area (Å²) >= 11 is 0. The average molecular weight is 554 g/mol. The molecule has 0 fully saturated rings. The molecule has 0 N–H and O–H groups in total. The average Bonchev–Trinajstić information content (AvgIpc) is 2.89. The van der Waals surface area contributed by atoms with Crippen molar-refractivity contribution in [2.24, 2.45) is 0 Å². The number of alkyl halides is 6. The van der Waals surface area contributed by atoms with Crippen LogP contribution in [0.4, 0.5) is 26.3 Å². The minimum Gasteiger partial charge on any atom is -0.462 e. The molecule has 0 aromatic carbocycles. The van der Waals surface area contributed by atoms with Crippen LogP contribution in [-0.4, -0.2) is 72.6 Å². The second-order valence-corrected chi connectivity index (χ2v) is 6.42. The summed E-state index contributed by atoms with van der Waals surface area (Å²) < 4.78 is 89.9. The van der Waals surface area contributed by atoms with Gasteiger partial charge in [-0.1, -0.05) is 0 Å². The van der Waals surface area contributed by atoms with Gasteiger partial charge in [0.05, 0.1) is 24.3 Å². The molecule has 0 bridgehead atoms. The summed E-state index contributed by atoms with van der Waals surface area (Å²) in [7, 11) is 0. The number of aromatic nitrogens is 2. The molecule has 2 aromatic rings. The van der Waals surface area contributed by atoms with Crippen LogP contribution in [0.3, 0.4) is 0 Å². The number of hydrogen-bond acceptors (Lipinski definition) is 10. The zero-order valence-corrected chi connectivity index (χ0v) is 19.6. The number of halogens is 6. The molecule has 0 saturated carbocycles. The molecule has 0 spiro atoms. The van der Waals surface area contributed by atoms with E-state index in [1.165, 1.54) is 12.3 Å². The Balaban J connectivity index is 0.000000399. The van der Waals surface area contributed by atoms with Crippen molar-refractivity contribution in [2.75, 3.05) is 13.2 Å². The van der Waals surface area contributed by atoms with Crippen LogP contribution in [0.15, 0.2) is 36.7 Å². The van der Waals surface area contributed by atoms with Gasteiger partial charge in [-0.05, 0) is 38.1 Å². The molecule has 0 amide bonds. The number of ether oxygens (including phenoxy) is 4. The first-order valence-electron chi connectivity index (χ1n) is 10.4. The predicted molar refractivity (Wildman–Crippen MR) is 113 cm³/mol. The minimum absolute atomic E-state index is 0.0113. The van der Waals surface area contributed by atoms with E-state index >= 15 is 0 Å². The fraction of sp³-hybridized carbons (Fsp3) is 0.364. The number of nitrogens with zero attached hydrogens (tertiary/aromatic N) is 2. The lowest BCUT2D eigenvalue weighted by Crippen LogP contribution is -2.25. The van der Waals surface area contributed by atoms with E-state index in [1.54, 1.807) is 19.9 Å². The maximum absolute atomic E-state index is 12.6. The molecule has 0 aliphatic heterocycles. The van der Waals surface area contributed by atoms with Crippen LogP contribution in [0.5, 0.6) is 0 Å². The highest BCUT2D eigenvalue weighted by Crippen LogP contribution is 2.16. The van der Waals surface area contributed by atoms with Gasteiger partial charge >= 0.3 is 49.4 Å². The van der Waals surface area contributed by atoms with Gasteiger partial charge in [-0.25, -0.2) is 46.7 Å². The lowest BCUT2D eigenvalue weighted by atomic mass is 10.2. The molecule has 208 valence electrons. The first-order chi connectivity index (χ1) is 17.9. The summed E-state index contributed by atoms with van der Waals surface area (Å²) in [5.74, 6) is -4.68. The van der Waals surface area contributed by atoms with E-state index in [1.807, 2.05) is 0 Å². The molecule has 0 saturated heterocycles. The number of pyridine rings is 2. The number of hydrogen-bond donors (Lipinski definition) is 0. The molecule has 38 heavy (non-hydrogen) atoms. The Morgan fingerprint density at radius 1 is 0.658 bits per heavy atom. The Morgan fingerprint density at radius 3 is 1.50 bits per heavy atom. The number of rotatable bonds is 10. The lowest BCUT2D eigenvalue weighted by molar-refractivity contribution is -0.0992. The number of carbonyl (C=O) groups is 4. The van der Waals surface area contributed by atoms with Crippen LogP contribution in [0.25, 0.3) is 0 Å². The number of carbonyl (C=O) groups excluding carboxylic acids is 4. The lowest BCUT2D eigenvalue weighted by Gasteiger charge is -2.12. The van der Waals surface area contributed by atoms with Gasteiger partial charge in [-0.15, -0.1) is 0 Å². The smallest absolute Gasteiger partial charge is 0.360 e. The van der Waals surface area contributed by atoms with Crippen molar-refractivity contribution >= 4 is 23.9 Å². The largest absolute Gasteiger partial charge is 0.462 e. The molecular weight excluding hydrogens is 534 g/mol. The fourth-order valence-electron chi connectivity index (χ4n) is 2.30. The van der Waals surface area contributed by atoms with Gasteiger partial charge in [0.1, 0.15) is 0 Å². The fourth-order valence-corrected chi connectivity index (χ4v) is 2.30. The van der Waals surface area contributed by atoms with Crippen molar-refractivity contribution in [1.29, 1.82) is 0 Å². The first kappa shape index (κ1) is 31.8. The summed E-state index contributed by atoms with van der Waals surface area (Å²) in [5.41, 5.74) is -1.72. The molecule has 2 rings (SSSR count). The maximum Gasteiger partial charge on any atom is 0.360 e. The van der Waals surface area contributed by atoms with Gasteiger partial charge in [-0.2, -0.15) is 8.78 Å². The van der Waals surface area contributed by atoms with Crippen molar-refractivity contribution in [3.05, 3.63) is 59.2 Å². The molecule has 2 heterocycles. The topological polar surface area (TPSA) is 131 Å². The SMILES string of the molecule is CCOC(=O)c1cccnc1C(=O)OCC.O=C(OC(F)C(F)F)c1cccnc1C(=O)OC(F)C(F)F. The highest BCUT2D eigenvalue weighted by Gasteiger charge is 2.30. The van der Waals surface area contributed by atoms with Crippen molar-refractivity contribution in [3.63, 3.8) is 0 Å². The van der Waals surface area contributed by atoms with Gasteiger partial charge < -0.3 is 18.9 Å². The zero-order valence-electron chi connectivity index (χ0n) is 19.6. The summed E-state index contributed by atoms with van der Waals surface area (Å²) in [6, 6.07) is 4.90. The third-order valence-electron chi connectivity index (χ3n) is 3.83. The second-order valence-electron chi connectivity index (χ2n) is 6.42. The maximum atomic E-state index is 12.6. The normalized spacial score (nSPS) is 12.1. The monoisotopic (exact) mass is 554 g/mol.